The minimum atomic E-state index is 0.0480. The van der Waals surface area contributed by atoms with Crippen LogP contribution in [0.3, 0.4) is 0 Å². The van der Waals surface area contributed by atoms with Crippen molar-refractivity contribution >= 4 is 5.91 Å². The monoisotopic (exact) mass is 304 g/mol. The third kappa shape index (κ3) is 4.55. The summed E-state index contributed by atoms with van der Waals surface area (Å²) in [6.07, 6.45) is 0.814. The van der Waals surface area contributed by atoms with E-state index in [1.165, 1.54) is 5.56 Å². The molecular formula is C18H28N2O2. The standard InChI is InChI=1S/C18H28N2O2/c1-15(2)17(14-16-6-4-3-5-7-16)18(22)20-10-8-19(9-11-20)12-13-21/h3-7,15,17,21H,8-14H2,1-2H3. The second-order valence-corrected chi connectivity index (χ2v) is 6.43. The molecule has 0 aliphatic carbocycles. The van der Waals surface area contributed by atoms with Crippen molar-refractivity contribution in [2.75, 3.05) is 39.3 Å². The van der Waals surface area contributed by atoms with Crippen LogP contribution in [0.4, 0.5) is 0 Å². The third-order valence-corrected chi connectivity index (χ3v) is 4.52. The van der Waals surface area contributed by atoms with Gasteiger partial charge in [0.1, 0.15) is 0 Å². The van der Waals surface area contributed by atoms with E-state index >= 15 is 0 Å². The molecule has 0 radical (unpaired) electrons. The fourth-order valence-electron chi connectivity index (χ4n) is 3.04. The molecule has 1 fully saturated rings. The van der Waals surface area contributed by atoms with Crippen molar-refractivity contribution in [3.8, 4) is 0 Å². The average molecular weight is 304 g/mol. The number of hydrogen-bond acceptors (Lipinski definition) is 3. The van der Waals surface area contributed by atoms with Gasteiger partial charge in [-0.3, -0.25) is 9.69 Å². The Bertz CT molecular complexity index is 453. The lowest BCUT2D eigenvalue weighted by atomic mass is 9.88. The molecule has 0 saturated carbocycles. The summed E-state index contributed by atoms with van der Waals surface area (Å²) in [5.41, 5.74) is 1.23. The molecule has 1 atom stereocenters. The molecule has 2 rings (SSSR count). The second-order valence-electron chi connectivity index (χ2n) is 6.43. The van der Waals surface area contributed by atoms with Gasteiger partial charge in [-0.15, -0.1) is 0 Å². The lowest BCUT2D eigenvalue weighted by Gasteiger charge is -2.37. The molecule has 1 aromatic rings. The number of piperazine rings is 1. The van der Waals surface area contributed by atoms with Gasteiger partial charge in [0.15, 0.2) is 0 Å². The highest BCUT2D eigenvalue weighted by Gasteiger charge is 2.29. The number of amides is 1. The molecule has 1 aromatic carbocycles. The predicted octanol–water partition coefficient (Wildman–Crippen LogP) is 1.64. The summed E-state index contributed by atoms with van der Waals surface area (Å²) in [5.74, 6) is 0.664. The first kappa shape index (κ1) is 17.0. The predicted molar refractivity (Wildman–Crippen MR) is 88.6 cm³/mol. The molecular weight excluding hydrogens is 276 g/mol. The van der Waals surface area contributed by atoms with Crippen molar-refractivity contribution in [3.63, 3.8) is 0 Å². The summed E-state index contributed by atoms with van der Waals surface area (Å²) in [7, 11) is 0. The van der Waals surface area contributed by atoms with Crippen LogP contribution in [0.25, 0.3) is 0 Å². The number of benzene rings is 1. The van der Waals surface area contributed by atoms with Gasteiger partial charge in [-0.2, -0.15) is 0 Å². The first-order valence-corrected chi connectivity index (χ1v) is 8.27. The zero-order valence-corrected chi connectivity index (χ0v) is 13.7. The average Bonchev–Trinajstić information content (AvgIpc) is 2.54. The summed E-state index contributed by atoms with van der Waals surface area (Å²) in [6, 6.07) is 10.3. The largest absolute Gasteiger partial charge is 0.395 e. The van der Waals surface area contributed by atoms with Crippen molar-refractivity contribution in [3.05, 3.63) is 35.9 Å². The van der Waals surface area contributed by atoms with E-state index in [4.69, 9.17) is 5.11 Å². The lowest BCUT2D eigenvalue weighted by Crippen LogP contribution is -2.51. The van der Waals surface area contributed by atoms with Crippen molar-refractivity contribution in [2.45, 2.75) is 20.3 Å². The Morgan fingerprint density at radius 2 is 1.77 bits per heavy atom. The number of nitrogens with zero attached hydrogens (tertiary/aromatic N) is 2. The molecule has 1 unspecified atom stereocenters. The van der Waals surface area contributed by atoms with Gasteiger partial charge in [0.2, 0.25) is 5.91 Å². The van der Waals surface area contributed by atoms with Crippen LogP contribution in [-0.4, -0.2) is 60.1 Å². The van der Waals surface area contributed by atoms with Crippen LogP contribution in [0.5, 0.6) is 0 Å². The van der Waals surface area contributed by atoms with Crippen molar-refractivity contribution in [1.82, 2.24) is 9.80 Å². The normalized spacial score (nSPS) is 17.7. The highest BCUT2D eigenvalue weighted by Crippen LogP contribution is 2.21. The van der Waals surface area contributed by atoms with E-state index in [1.54, 1.807) is 0 Å². The van der Waals surface area contributed by atoms with Crippen molar-refractivity contribution in [1.29, 1.82) is 0 Å². The summed E-state index contributed by atoms with van der Waals surface area (Å²) in [5, 5.41) is 9.00. The Labute approximate surface area is 133 Å². The van der Waals surface area contributed by atoms with Gasteiger partial charge in [0.05, 0.1) is 6.61 Å². The number of carbonyl (C=O) groups excluding carboxylic acids is 1. The lowest BCUT2D eigenvalue weighted by molar-refractivity contribution is -0.138. The molecule has 0 aromatic heterocycles. The Hall–Kier alpha value is -1.39. The van der Waals surface area contributed by atoms with Gasteiger partial charge in [-0.25, -0.2) is 0 Å². The van der Waals surface area contributed by atoms with E-state index in [-0.39, 0.29) is 18.4 Å². The Kier molecular flexibility index (Phi) is 6.40. The number of rotatable bonds is 6. The van der Waals surface area contributed by atoms with Crippen LogP contribution in [0, 0.1) is 11.8 Å². The van der Waals surface area contributed by atoms with Gasteiger partial charge >= 0.3 is 0 Å². The van der Waals surface area contributed by atoms with E-state index in [9.17, 15) is 4.79 Å². The maximum Gasteiger partial charge on any atom is 0.226 e. The highest BCUT2D eigenvalue weighted by molar-refractivity contribution is 5.79. The zero-order valence-electron chi connectivity index (χ0n) is 13.7. The molecule has 4 heteroatoms. The number of hydrogen-bond donors (Lipinski definition) is 1. The summed E-state index contributed by atoms with van der Waals surface area (Å²) in [4.78, 5) is 17.1. The zero-order chi connectivity index (χ0) is 15.9. The molecule has 4 nitrogen and oxygen atoms in total. The Balaban J connectivity index is 1.96. The van der Waals surface area contributed by atoms with Crippen LogP contribution >= 0.6 is 0 Å². The van der Waals surface area contributed by atoms with Gasteiger partial charge in [-0.1, -0.05) is 44.2 Å². The quantitative estimate of drug-likeness (QED) is 0.869. The summed E-state index contributed by atoms with van der Waals surface area (Å²) < 4.78 is 0. The minimum absolute atomic E-state index is 0.0480. The smallest absolute Gasteiger partial charge is 0.226 e. The second kappa shape index (κ2) is 8.30. The van der Waals surface area contributed by atoms with E-state index in [0.717, 1.165) is 32.6 Å². The fourth-order valence-corrected chi connectivity index (χ4v) is 3.04. The topological polar surface area (TPSA) is 43.8 Å². The van der Waals surface area contributed by atoms with E-state index in [2.05, 4.69) is 30.9 Å². The molecule has 1 aliphatic rings. The number of carbonyl (C=O) groups is 1. The molecule has 1 amide bonds. The van der Waals surface area contributed by atoms with Gasteiger partial charge < -0.3 is 10.0 Å². The first-order valence-electron chi connectivity index (χ1n) is 8.27. The van der Waals surface area contributed by atoms with E-state index in [0.29, 0.717) is 12.5 Å². The summed E-state index contributed by atoms with van der Waals surface area (Å²) in [6.45, 7) is 8.44. The van der Waals surface area contributed by atoms with Crippen LogP contribution in [0.1, 0.15) is 19.4 Å². The molecule has 0 bridgehead atoms. The fraction of sp³-hybridized carbons (Fsp3) is 0.611. The molecule has 0 spiro atoms. The molecule has 1 aliphatic heterocycles. The number of aliphatic hydroxyl groups excluding tert-OH is 1. The molecule has 1 heterocycles. The Morgan fingerprint density at radius 1 is 1.14 bits per heavy atom. The maximum absolute atomic E-state index is 12.9. The molecule has 122 valence electrons. The number of aliphatic hydroxyl groups is 1. The first-order chi connectivity index (χ1) is 10.6. The maximum atomic E-state index is 12.9. The van der Waals surface area contributed by atoms with Crippen molar-refractivity contribution in [2.24, 2.45) is 11.8 Å². The van der Waals surface area contributed by atoms with E-state index < -0.39 is 0 Å². The van der Waals surface area contributed by atoms with Crippen LogP contribution in [0.15, 0.2) is 30.3 Å². The molecule has 1 N–H and O–H groups in total. The minimum Gasteiger partial charge on any atom is -0.395 e. The van der Waals surface area contributed by atoms with Gasteiger partial charge in [-0.05, 0) is 17.9 Å². The van der Waals surface area contributed by atoms with Crippen LogP contribution in [-0.2, 0) is 11.2 Å². The molecule has 1 saturated heterocycles. The highest BCUT2D eigenvalue weighted by atomic mass is 16.3. The Morgan fingerprint density at radius 3 is 2.32 bits per heavy atom. The van der Waals surface area contributed by atoms with Gasteiger partial charge in [0.25, 0.3) is 0 Å². The number of β-amino-alcohol motifs (C(OH)–C–C–N with tert-alkyl or cyclic N) is 1. The summed E-state index contributed by atoms with van der Waals surface area (Å²) >= 11 is 0. The third-order valence-electron chi connectivity index (χ3n) is 4.52. The SMILES string of the molecule is CC(C)C(Cc1ccccc1)C(=O)N1CCN(CCO)CC1. The van der Waals surface area contributed by atoms with Crippen molar-refractivity contribution < 1.29 is 9.90 Å². The van der Waals surface area contributed by atoms with Gasteiger partial charge in [0, 0.05) is 38.6 Å². The van der Waals surface area contributed by atoms with Crippen LogP contribution in [0.2, 0.25) is 0 Å². The molecule has 22 heavy (non-hydrogen) atoms. The van der Waals surface area contributed by atoms with Crippen LogP contribution < -0.4 is 0 Å². The van der Waals surface area contributed by atoms with E-state index in [1.807, 2.05) is 23.1 Å².